The summed E-state index contributed by atoms with van der Waals surface area (Å²) in [5, 5.41) is 0. The first-order chi connectivity index (χ1) is 11.5. The highest BCUT2D eigenvalue weighted by Gasteiger charge is 2.29. The van der Waals surface area contributed by atoms with Crippen LogP contribution < -0.4 is 0 Å². The molecule has 2 heterocycles. The molecule has 0 aliphatic rings. The van der Waals surface area contributed by atoms with E-state index in [4.69, 9.17) is 9.47 Å². The number of hydrogen-bond donors (Lipinski definition) is 0. The van der Waals surface area contributed by atoms with Crippen LogP contribution in [-0.4, -0.2) is 41.1 Å². The van der Waals surface area contributed by atoms with Gasteiger partial charge >= 0.3 is 11.9 Å². The monoisotopic (exact) mass is 349 g/mol. The number of esters is 2. The average molecular weight is 349 g/mol. The van der Waals surface area contributed by atoms with Gasteiger partial charge in [-0.1, -0.05) is 6.07 Å². The highest BCUT2D eigenvalue weighted by molar-refractivity contribution is 8.00. The second-order valence-corrected chi connectivity index (χ2v) is 5.93. The summed E-state index contributed by atoms with van der Waals surface area (Å²) in [6.45, 7) is 5.31. The summed E-state index contributed by atoms with van der Waals surface area (Å²) in [5.74, 6) is -0.974. The predicted octanol–water partition coefficient (Wildman–Crippen LogP) is 2.97. The van der Waals surface area contributed by atoms with Crippen LogP contribution in [0.2, 0.25) is 0 Å². The molecule has 2 rings (SSSR count). The van der Waals surface area contributed by atoms with Crippen LogP contribution >= 0.6 is 11.8 Å². The van der Waals surface area contributed by atoms with Crippen LogP contribution in [0.25, 0.3) is 5.52 Å². The van der Waals surface area contributed by atoms with Crippen LogP contribution in [0.15, 0.2) is 29.3 Å². The SMILES string of the molecule is CCOC(=O)c1c(SCC(C)=O)c(C(=O)OCC)n2ccccc12. The second-order valence-electron chi connectivity index (χ2n) is 4.94. The van der Waals surface area contributed by atoms with Gasteiger partial charge in [-0.3, -0.25) is 4.79 Å². The van der Waals surface area contributed by atoms with Crippen molar-refractivity contribution in [3.05, 3.63) is 35.7 Å². The van der Waals surface area contributed by atoms with Crippen LogP contribution in [0, 0.1) is 0 Å². The third kappa shape index (κ3) is 3.62. The number of ketones is 1. The first kappa shape index (κ1) is 18.1. The number of fused-ring (bicyclic) bond motifs is 1. The Labute approximate surface area is 144 Å². The highest BCUT2D eigenvalue weighted by Crippen LogP contribution is 2.34. The molecule has 0 atom stereocenters. The number of Topliss-reactive ketones (excluding diaryl/α,β-unsaturated/α-hetero) is 1. The fraction of sp³-hybridized carbons (Fsp3) is 0.353. The quantitative estimate of drug-likeness (QED) is 0.565. The molecule has 128 valence electrons. The van der Waals surface area contributed by atoms with Crippen molar-refractivity contribution in [2.75, 3.05) is 19.0 Å². The molecule has 0 fully saturated rings. The topological polar surface area (TPSA) is 74.1 Å². The maximum atomic E-state index is 12.4. The lowest BCUT2D eigenvalue weighted by Gasteiger charge is -2.06. The number of nitrogens with zero attached hydrogens (tertiary/aromatic N) is 1. The largest absolute Gasteiger partial charge is 0.462 e. The van der Waals surface area contributed by atoms with Crippen molar-refractivity contribution in [1.29, 1.82) is 0 Å². The van der Waals surface area contributed by atoms with Crippen molar-refractivity contribution >= 4 is 35.0 Å². The summed E-state index contributed by atoms with van der Waals surface area (Å²) in [7, 11) is 0. The Kier molecular flexibility index (Phi) is 6.03. The van der Waals surface area contributed by atoms with Crippen molar-refractivity contribution in [3.8, 4) is 0 Å². The van der Waals surface area contributed by atoms with Gasteiger partial charge in [-0.2, -0.15) is 0 Å². The van der Waals surface area contributed by atoms with Crippen LogP contribution in [0.3, 0.4) is 0 Å². The molecule has 0 spiro atoms. The lowest BCUT2D eigenvalue weighted by molar-refractivity contribution is -0.114. The van der Waals surface area contributed by atoms with Crippen molar-refractivity contribution in [2.24, 2.45) is 0 Å². The number of carbonyl (C=O) groups excluding carboxylic acids is 3. The van der Waals surface area contributed by atoms with Gasteiger partial charge in [0.2, 0.25) is 0 Å². The fourth-order valence-electron chi connectivity index (χ4n) is 2.29. The van der Waals surface area contributed by atoms with Gasteiger partial charge in [-0.05, 0) is 32.9 Å². The number of ether oxygens (including phenoxy) is 2. The Morgan fingerprint density at radius 3 is 2.38 bits per heavy atom. The zero-order valence-corrected chi connectivity index (χ0v) is 14.6. The first-order valence-corrected chi connectivity index (χ1v) is 8.59. The van der Waals surface area contributed by atoms with Crippen molar-refractivity contribution in [2.45, 2.75) is 25.7 Å². The summed E-state index contributed by atoms with van der Waals surface area (Å²) in [5.41, 5.74) is 1.07. The minimum Gasteiger partial charge on any atom is -0.462 e. The third-order valence-corrected chi connectivity index (χ3v) is 4.40. The van der Waals surface area contributed by atoms with E-state index in [2.05, 4.69) is 0 Å². The molecule has 0 N–H and O–H groups in total. The standard InChI is InChI=1S/C17H19NO5S/c1-4-22-16(20)13-12-8-6-7-9-18(12)14(17(21)23-5-2)15(13)24-10-11(3)19/h6-9H,4-5,10H2,1-3H3. The van der Waals surface area contributed by atoms with Gasteiger partial charge in [0.15, 0.2) is 0 Å². The Bertz CT molecular complexity index is 726. The van der Waals surface area contributed by atoms with E-state index < -0.39 is 11.9 Å². The van der Waals surface area contributed by atoms with Gasteiger partial charge in [0.05, 0.1) is 34.9 Å². The molecule has 0 saturated heterocycles. The third-order valence-electron chi connectivity index (χ3n) is 3.17. The molecule has 2 aromatic rings. The van der Waals surface area contributed by atoms with Gasteiger partial charge in [-0.15, -0.1) is 11.8 Å². The lowest BCUT2D eigenvalue weighted by atomic mass is 10.2. The molecule has 7 heteroatoms. The lowest BCUT2D eigenvalue weighted by Crippen LogP contribution is -2.10. The molecular formula is C17H19NO5S. The average Bonchev–Trinajstić information content (AvgIpc) is 2.87. The number of rotatable bonds is 7. The number of carbonyl (C=O) groups is 3. The molecule has 0 aliphatic heterocycles. The van der Waals surface area contributed by atoms with Crippen LogP contribution in [-0.2, 0) is 14.3 Å². The summed E-state index contributed by atoms with van der Waals surface area (Å²) in [6, 6.07) is 5.25. The second kappa shape index (κ2) is 8.01. The maximum Gasteiger partial charge on any atom is 0.356 e. The normalized spacial score (nSPS) is 10.6. The zero-order valence-electron chi connectivity index (χ0n) is 13.8. The van der Waals surface area contributed by atoms with Crippen molar-refractivity contribution in [1.82, 2.24) is 4.40 Å². The van der Waals surface area contributed by atoms with Crippen LogP contribution in [0.5, 0.6) is 0 Å². The van der Waals surface area contributed by atoms with Crippen LogP contribution in [0.1, 0.15) is 41.6 Å². The molecule has 24 heavy (non-hydrogen) atoms. The van der Waals surface area contributed by atoms with Crippen molar-refractivity contribution < 1.29 is 23.9 Å². The van der Waals surface area contributed by atoms with E-state index in [1.165, 1.54) is 6.92 Å². The number of aromatic nitrogens is 1. The van der Waals surface area contributed by atoms with Crippen LogP contribution in [0.4, 0.5) is 0 Å². The van der Waals surface area contributed by atoms with E-state index >= 15 is 0 Å². The van der Waals surface area contributed by atoms with E-state index in [0.29, 0.717) is 10.4 Å². The maximum absolute atomic E-state index is 12.4. The van der Waals surface area contributed by atoms with E-state index in [1.54, 1.807) is 42.6 Å². The molecule has 0 radical (unpaired) electrons. The minimum atomic E-state index is -0.541. The summed E-state index contributed by atoms with van der Waals surface area (Å²) >= 11 is 1.14. The smallest absolute Gasteiger partial charge is 0.356 e. The summed E-state index contributed by atoms with van der Waals surface area (Å²) in [6.07, 6.45) is 1.68. The number of thioether (sulfide) groups is 1. The molecule has 0 aromatic carbocycles. The van der Waals surface area contributed by atoms with Crippen molar-refractivity contribution in [3.63, 3.8) is 0 Å². The minimum absolute atomic E-state index is 0.0557. The Balaban J connectivity index is 2.70. The van der Waals surface area contributed by atoms with Gasteiger partial charge in [0.25, 0.3) is 0 Å². The molecule has 0 aliphatic carbocycles. The number of hydrogen-bond acceptors (Lipinski definition) is 6. The Hall–Kier alpha value is -2.28. The molecule has 0 amide bonds. The molecule has 0 unspecified atom stereocenters. The molecule has 6 nitrogen and oxygen atoms in total. The molecular weight excluding hydrogens is 330 g/mol. The van der Waals surface area contributed by atoms with E-state index in [0.717, 1.165) is 11.8 Å². The summed E-state index contributed by atoms with van der Waals surface area (Å²) < 4.78 is 11.9. The molecule has 2 aromatic heterocycles. The molecule has 0 bridgehead atoms. The van der Waals surface area contributed by atoms with E-state index in [1.807, 2.05) is 0 Å². The van der Waals surface area contributed by atoms with Gasteiger partial charge < -0.3 is 13.9 Å². The highest BCUT2D eigenvalue weighted by atomic mass is 32.2. The van der Waals surface area contributed by atoms with E-state index in [-0.39, 0.29) is 36.0 Å². The summed E-state index contributed by atoms with van der Waals surface area (Å²) in [4.78, 5) is 36.7. The Morgan fingerprint density at radius 1 is 1.08 bits per heavy atom. The van der Waals surface area contributed by atoms with Gasteiger partial charge in [-0.25, -0.2) is 9.59 Å². The number of pyridine rings is 1. The van der Waals surface area contributed by atoms with E-state index in [9.17, 15) is 14.4 Å². The zero-order chi connectivity index (χ0) is 17.7. The predicted molar refractivity (Wildman–Crippen MR) is 90.7 cm³/mol. The Morgan fingerprint density at radius 2 is 1.75 bits per heavy atom. The first-order valence-electron chi connectivity index (χ1n) is 7.60. The van der Waals surface area contributed by atoms with Gasteiger partial charge in [0, 0.05) is 6.20 Å². The molecule has 0 saturated carbocycles. The fourth-order valence-corrected chi connectivity index (χ4v) is 3.29. The van der Waals surface area contributed by atoms with Gasteiger partial charge in [0.1, 0.15) is 11.5 Å².